The fraction of sp³-hybridized carbons (Fsp3) is 0.533. The van der Waals surface area contributed by atoms with Crippen LogP contribution < -0.4 is 10.5 Å². The van der Waals surface area contributed by atoms with Gasteiger partial charge in [-0.3, -0.25) is 0 Å². The summed E-state index contributed by atoms with van der Waals surface area (Å²) in [5.74, 6) is -0.0137. The summed E-state index contributed by atoms with van der Waals surface area (Å²) >= 11 is 4.89. The molecule has 1 saturated carbocycles. The van der Waals surface area contributed by atoms with E-state index in [0.717, 1.165) is 36.8 Å². The first-order valence-corrected chi connectivity index (χ1v) is 9.26. The Bertz CT molecular complexity index is 603. The number of hydrogen-bond donors (Lipinski definition) is 2. The molecule has 6 heteroatoms. The quantitative estimate of drug-likeness (QED) is 0.815. The molecule has 0 heterocycles. The van der Waals surface area contributed by atoms with Crippen LogP contribution in [0.4, 0.5) is 0 Å². The highest BCUT2D eigenvalue weighted by atomic mass is 32.2. The number of sulfonamides is 1. The average molecular weight is 326 g/mol. The summed E-state index contributed by atoms with van der Waals surface area (Å²) in [6, 6.07) is 7.04. The lowest BCUT2D eigenvalue weighted by atomic mass is 9.84. The summed E-state index contributed by atoms with van der Waals surface area (Å²) < 4.78 is 27.5. The van der Waals surface area contributed by atoms with E-state index in [9.17, 15) is 8.42 Å². The molecule has 0 unspecified atom stereocenters. The standard InChI is InChI=1S/C15H22N2O2S2/c1-15(9-3-2-4-10-15)17-21(18,19)11-12-5-7-13(8-6-12)14(16)20/h5-8,17H,2-4,9-11H2,1H3,(H2,16,20). The molecule has 1 aliphatic carbocycles. The highest BCUT2D eigenvalue weighted by molar-refractivity contribution is 7.88. The normalized spacial score (nSPS) is 18.3. The fourth-order valence-electron chi connectivity index (χ4n) is 2.83. The first-order chi connectivity index (χ1) is 9.80. The minimum Gasteiger partial charge on any atom is -0.389 e. The Morgan fingerprint density at radius 3 is 2.33 bits per heavy atom. The summed E-state index contributed by atoms with van der Waals surface area (Å²) in [5.41, 5.74) is 6.72. The maximum atomic E-state index is 12.3. The van der Waals surface area contributed by atoms with E-state index in [-0.39, 0.29) is 11.3 Å². The third-order valence-corrected chi connectivity index (χ3v) is 5.71. The summed E-state index contributed by atoms with van der Waals surface area (Å²) in [4.78, 5) is 0.317. The van der Waals surface area contributed by atoms with Gasteiger partial charge in [0.15, 0.2) is 0 Å². The molecule has 0 amide bonds. The molecule has 0 saturated heterocycles. The van der Waals surface area contributed by atoms with Crippen LogP contribution in [0.3, 0.4) is 0 Å². The van der Waals surface area contributed by atoms with Gasteiger partial charge in [0.2, 0.25) is 10.0 Å². The van der Waals surface area contributed by atoms with Gasteiger partial charge in [-0.1, -0.05) is 55.7 Å². The third-order valence-electron chi connectivity index (χ3n) is 3.95. The molecular weight excluding hydrogens is 304 g/mol. The van der Waals surface area contributed by atoms with Gasteiger partial charge in [-0.2, -0.15) is 0 Å². The third kappa shape index (κ3) is 4.76. The molecule has 3 N–H and O–H groups in total. The van der Waals surface area contributed by atoms with Gasteiger partial charge in [-0.25, -0.2) is 13.1 Å². The molecule has 0 atom stereocenters. The predicted molar refractivity (Wildman–Crippen MR) is 89.6 cm³/mol. The van der Waals surface area contributed by atoms with Crippen molar-refractivity contribution in [1.82, 2.24) is 4.72 Å². The number of thiocarbonyl (C=S) groups is 1. The van der Waals surface area contributed by atoms with Crippen molar-refractivity contribution in [3.63, 3.8) is 0 Å². The van der Waals surface area contributed by atoms with Crippen LogP contribution in [0.15, 0.2) is 24.3 Å². The van der Waals surface area contributed by atoms with E-state index in [1.54, 1.807) is 24.3 Å². The molecule has 116 valence electrons. The summed E-state index contributed by atoms with van der Waals surface area (Å²) in [6.45, 7) is 2.00. The zero-order chi connectivity index (χ0) is 15.5. The van der Waals surface area contributed by atoms with E-state index in [1.807, 2.05) is 6.92 Å². The van der Waals surface area contributed by atoms with E-state index < -0.39 is 10.0 Å². The van der Waals surface area contributed by atoms with Crippen molar-refractivity contribution in [2.24, 2.45) is 5.73 Å². The number of nitrogens with two attached hydrogens (primary N) is 1. The minimum absolute atomic E-state index is 0.0137. The highest BCUT2D eigenvalue weighted by Crippen LogP contribution is 2.28. The molecule has 1 aliphatic rings. The summed E-state index contributed by atoms with van der Waals surface area (Å²) in [5, 5.41) is 0. The van der Waals surface area contributed by atoms with Crippen molar-refractivity contribution in [2.45, 2.75) is 50.3 Å². The Hall–Kier alpha value is -0.980. The van der Waals surface area contributed by atoms with Crippen molar-refractivity contribution in [2.75, 3.05) is 0 Å². The van der Waals surface area contributed by atoms with E-state index in [0.29, 0.717) is 4.99 Å². The minimum atomic E-state index is -3.34. The summed E-state index contributed by atoms with van der Waals surface area (Å²) in [6.07, 6.45) is 5.18. The lowest BCUT2D eigenvalue weighted by Crippen LogP contribution is -2.47. The molecule has 0 radical (unpaired) electrons. The second kappa shape index (κ2) is 6.42. The van der Waals surface area contributed by atoms with Crippen LogP contribution in [0, 0.1) is 0 Å². The SMILES string of the molecule is CC1(NS(=O)(=O)Cc2ccc(C(N)=S)cc2)CCCCC1. The van der Waals surface area contributed by atoms with E-state index in [2.05, 4.69) is 4.72 Å². The van der Waals surface area contributed by atoms with Crippen LogP contribution >= 0.6 is 12.2 Å². The highest BCUT2D eigenvalue weighted by Gasteiger charge is 2.31. The molecule has 0 aromatic heterocycles. The Kier molecular flexibility index (Phi) is 5.01. The zero-order valence-electron chi connectivity index (χ0n) is 12.3. The number of rotatable bonds is 5. The molecular formula is C15H22N2O2S2. The lowest BCUT2D eigenvalue weighted by Gasteiger charge is -2.34. The molecule has 0 bridgehead atoms. The maximum absolute atomic E-state index is 12.3. The van der Waals surface area contributed by atoms with Crippen LogP contribution in [0.5, 0.6) is 0 Å². The Morgan fingerprint density at radius 1 is 1.24 bits per heavy atom. The van der Waals surface area contributed by atoms with Crippen molar-refractivity contribution >= 4 is 27.2 Å². The van der Waals surface area contributed by atoms with Crippen LogP contribution in [-0.4, -0.2) is 18.9 Å². The number of hydrogen-bond acceptors (Lipinski definition) is 3. The number of nitrogens with one attached hydrogen (secondary N) is 1. The van der Waals surface area contributed by atoms with Gasteiger partial charge in [0, 0.05) is 11.1 Å². The molecule has 1 fully saturated rings. The maximum Gasteiger partial charge on any atom is 0.216 e. The van der Waals surface area contributed by atoms with Gasteiger partial charge in [-0.15, -0.1) is 0 Å². The average Bonchev–Trinajstić information content (AvgIpc) is 2.38. The van der Waals surface area contributed by atoms with E-state index >= 15 is 0 Å². The van der Waals surface area contributed by atoms with Crippen LogP contribution in [-0.2, 0) is 15.8 Å². The molecule has 2 rings (SSSR count). The van der Waals surface area contributed by atoms with Crippen LogP contribution in [0.2, 0.25) is 0 Å². The van der Waals surface area contributed by atoms with E-state index in [1.165, 1.54) is 6.42 Å². The van der Waals surface area contributed by atoms with Crippen molar-refractivity contribution in [3.8, 4) is 0 Å². The van der Waals surface area contributed by atoms with Crippen molar-refractivity contribution in [3.05, 3.63) is 35.4 Å². The van der Waals surface area contributed by atoms with Gasteiger partial charge in [0.05, 0.1) is 5.75 Å². The van der Waals surface area contributed by atoms with Gasteiger partial charge in [0.25, 0.3) is 0 Å². The first-order valence-electron chi connectivity index (χ1n) is 7.20. The summed E-state index contributed by atoms with van der Waals surface area (Å²) in [7, 11) is -3.34. The Balaban J connectivity index is 2.04. The van der Waals surface area contributed by atoms with Gasteiger partial charge < -0.3 is 5.73 Å². The predicted octanol–water partition coefficient (Wildman–Crippen LogP) is 2.46. The second-order valence-electron chi connectivity index (χ2n) is 6.04. The topological polar surface area (TPSA) is 72.2 Å². The van der Waals surface area contributed by atoms with Gasteiger partial charge in [-0.05, 0) is 25.3 Å². The molecule has 1 aromatic carbocycles. The Morgan fingerprint density at radius 2 is 1.81 bits per heavy atom. The largest absolute Gasteiger partial charge is 0.389 e. The van der Waals surface area contributed by atoms with Crippen LogP contribution in [0.1, 0.15) is 50.2 Å². The smallest absolute Gasteiger partial charge is 0.216 e. The van der Waals surface area contributed by atoms with Crippen molar-refractivity contribution in [1.29, 1.82) is 0 Å². The fourth-order valence-corrected chi connectivity index (χ4v) is 4.62. The molecule has 1 aromatic rings. The van der Waals surface area contributed by atoms with Gasteiger partial charge >= 0.3 is 0 Å². The lowest BCUT2D eigenvalue weighted by molar-refractivity contribution is 0.294. The first kappa shape index (κ1) is 16.4. The Labute approximate surface area is 132 Å². The molecule has 0 aliphatic heterocycles. The van der Waals surface area contributed by atoms with Crippen LogP contribution in [0.25, 0.3) is 0 Å². The van der Waals surface area contributed by atoms with E-state index in [4.69, 9.17) is 18.0 Å². The van der Waals surface area contributed by atoms with Gasteiger partial charge in [0.1, 0.15) is 4.99 Å². The van der Waals surface area contributed by atoms with Crippen molar-refractivity contribution < 1.29 is 8.42 Å². The second-order valence-corrected chi connectivity index (χ2v) is 8.21. The molecule has 0 spiro atoms. The zero-order valence-corrected chi connectivity index (χ0v) is 13.9. The number of benzene rings is 1. The monoisotopic (exact) mass is 326 g/mol. The molecule has 4 nitrogen and oxygen atoms in total. The molecule has 21 heavy (non-hydrogen) atoms.